The summed E-state index contributed by atoms with van der Waals surface area (Å²) in [5.74, 6) is -0.0488. The molecule has 24 heavy (non-hydrogen) atoms. The third-order valence-corrected chi connectivity index (χ3v) is 4.17. The first-order valence-electron chi connectivity index (χ1n) is 8.27. The largest absolute Gasteiger partial charge is 0.387 e. The van der Waals surface area contributed by atoms with E-state index in [4.69, 9.17) is 4.84 Å². The fraction of sp³-hybridized carbons (Fsp3) is 0.300. The Bertz CT molecular complexity index is 711. The van der Waals surface area contributed by atoms with Crippen LogP contribution in [0.15, 0.2) is 65.8 Å². The summed E-state index contributed by atoms with van der Waals surface area (Å²) in [6.07, 6.45) is 0.344. The van der Waals surface area contributed by atoms with E-state index in [0.717, 1.165) is 11.1 Å². The molecule has 1 aliphatic heterocycles. The minimum absolute atomic E-state index is 0.0488. The number of rotatable bonds is 5. The lowest BCUT2D eigenvalue weighted by molar-refractivity contribution is -0.126. The van der Waals surface area contributed by atoms with Crippen LogP contribution in [-0.2, 0) is 16.2 Å². The monoisotopic (exact) mass is 322 g/mol. The first-order chi connectivity index (χ1) is 11.6. The topological polar surface area (TPSA) is 41.9 Å². The van der Waals surface area contributed by atoms with Crippen molar-refractivity contribution >= 4 is 11.6 Å². The van der Waals surface area contributed by atoms with Gasteiger partial charge in [-0.25, -0.2) is 0 Å². The number of carbonyl (C=O) groups excluding carboxylic acids is 1. The first kappa shape index (κ1) is 16.2. The Morgan fingerprint density at radius 2 is 1.75 bits per heavy atom. The van der Waals surface area contributed by atoms with E-state index in [9.17, 15) is 4.79 Å². The number of amides is 1. The van der Waals surface area contributed by atoms with Gasteiger partial charge < -0.3 is 9.74 Å². The van der Waals surface area contributed by atoms with Gasteiger partial charge in [0.1, 0.15) is 5.71 Å². The van der Waals surface area contributed by atoms with Gasteiger partial charge in [0.05, 0.1) is 0 Å². The van der Waals surface area contributed by atoms with E-state index in [0.29, 0.717) is 18.7 Å². The summed E-state index contributed by atoms with van der Waals surface area (Å²) in [7, 11) is 0. The molecule has 4 nitrogen and oxygen atoms in total. The normalized spacial score (nSPS) is 16.6. The van der Waals surface area contributed by atoms with Gasteiger partial charge in [0.15, 0.2) is 6.10 Å². The molecular weight excluding hydrogens is 300 g/mol. The Morgan fingerprint density at radius 3 is 2.38 bits per heavy atom. The predicted molar refractivity (Wildman–Crippen MR) is 94.4 cm³/mol. The minimum Gasteiger partial charge on any atom is -0.387 e. The summed E-state index contributed by atoms with van der Waals surface area (Å²) in [4.78, 5) is 20.2. The van der Waals surface area contributed by atoms with Crippen molar-refractivity contribution in [1.29, 1.82) is 0 Å². The molecule has 0 spiro atoms. The zero-order valence-corrected chi connectivity index (χ0v) is 14.1. The minimum atomic E-state index is -0.170. The van der Waals surface area contributed by atoms with Crippen molar-refractivity contribution in [2.24, 2.45) is 5.16 Å². The van der Waals surface area contributed by atoms with Crippen molar-refractivity contribution in [3.05, 3.63) is 71.8 Å². The van der Waals surface area contributed by atoms with Crippen molar-refractivity contribution in [3.63, 3.8) is 0 Å². The second-order valence-corrected chi connectivity index (χ2v) is 6.26. The standard InChI is InChI=1S/C20H22N2O2/c1-15(2)22(14-16-9-5-3-6-10-16)20(23)18-13-19(24-21-18)17-11-7-4-8-12-17/h3-12,15,19H,13-14H2,1-2H3. The maximum absolute atomic E-state index is 12.9. The summed E-state index contributed by atoms with van der Waals surface area (Å²) < 4.78 is 0. The van der Waals surface area contributed by atoms with Crippen molar-refractivity contribution in [2.75, 3.05) is 0 Å². The number of oxime groups is 1. The van der Waals surface area contributed by atoms with Gasteiger partial charge in [0, 0.05) is 19.0 Å². The number of hydrogen-bond acceptors (Lipinski definition) is 3. The summed E-state index contributed by atoms with van der Waals surface area (Å²) >= 11 is 0. The molecule has 0 saturated carbocycles. The van der Waals surface area contributed by atoms with Crippen molar-refractivity contribution in [3.8, 4) is 0 Å². The van der Waals surface area contributed by atoms with Crippen LogP contribution in [0.1, 0.15) is 37.5 Å². The van der Waals surface area contributed by atoms with E-state index in [1.807, 2.05) is 79.4 Å². The van der Waals surface area contributed by atoms with E-state index < -0.39 is 0 Å². The molecule has 0 aromatic heterocycles. The van der Waals surface area contributed by atoms with Crippen molar-refractivity contribution < 1.29 is 9.63 Å². The molecule has 0 fully saturated rings. The highest BCUT2D eigenvalue weighted by Crippen LogP contribution is 2.28. The van der Waals surface area contributed by atoms with Crippen LogP contribution in [-0.4, -0.2) is 22.6 Å². The number of benzene rings is 2. The van der Waals surface area contributed by atoms with E-state index in [2.05, 4.69) is 5.16 Å². The average molecular weight is 322 g/mol. The van der Waals surface area contributed by atoms with Gasteiger partial charge in [-0.1, -0.05) is 65.8 Å². The van der Waals surface area contributed by atoms with Gasteiger partial charge in [0.2, 0.25) is 0 Å². The Kier molecular flexibility index (Phi) is 4.94. The first-order valence-corrected chi connectivity index (χ1v) is 8.27. The highest BCUT2D eigenvalue weighted by Gasteiger charge is 2.31. The molecule has 2 aromatic carbocycles. The smallest absolute Gasteiger partial charge is 0.272 e. The maximum Gasteiger partial charge on any atom is 0.272 e. The highest BCUT2D eigenvalue weighted by molar-refractivity contribution is 6.39. The molecule has 0 saturated heterocycles. The Hall–Kier alpha value is -2.62. The Balaban J connectivity index is 1.70. The molecule has 1 heterocycles. The van der Waals surface area contributed by atoms with Crippen LogP contribution >= 0.6 is 0 Å². The van der Waals surface area contributed by atoms with E-state index >= 15 is 0 Å². The molecule has 0 radical (unpaired) electrons. The van der Waals surface area contributed by atoms with Crippen LogP contribution in [0.3, 0.4) is 0 Å². The van der Waals surface area contributed by atoms with E-state index in [-0.39, 0.29) is 18.1 Å². The second-order valence-electron chi connectivity index (χ2n) is 6.26. The molecular formula is C20H22N2O2. The molecule has 1 aliphatic rings. The average Bonchev–Trinajstić information content (AvgIpc) is 3.11. The number of carbonyl (C=O) groups is 1. The highest BCUT2D eigenvalue weighted by atomic mass is 16.6. The fourth-order valence-corrected chi connectivity index (χ4v) is 2.78. The molecule has 2 aromatic rings. The molecule has 0 aliphatic carbocycles. The van der Waals surface area contributed by atoms with Crippen LogP contribution in [0, 0.1) is 0 Å². The molecule has 1 amide bonds. The van der Waals surface area contributed by atoms with Gasteiger partial charge in [-0.15, -0.1) is 0 Å². The van der Waals surface area contributed by atoms with Crippen LogP contribution < -0.4 is 0 Å². The van der Waals surface area contributed by atoms with Gasteiger partial charge in [-0.2, -0.15) is 0 Å². The maximum atomic E-state index is 12.9. The van der Waals surface area contributed by atoms with Gasteiger partial charge in [0.25, 0.3) is 5.91 Å². The van der Waals surface area contributed by atoms with E-state index in [1.54, 1.807) is 0 Å². The molecule has 1 atom stereocenters. The summed E-state index contributed by atoms with van der Waals surface area (Å²) in [5, 5.41) is 4.06. The number of hydrogen-bond donors (Lipinski definition) is 0. The quantitative estimate of drug-likeness (QED) is 0.836. The molecule has 124 valence electrons. The lowest BCUT2D eigenvalue weighted by Gasteiger charge is -2.26. The third-order valence-electron chi connectivity index (χ3n) is 4.17. The van der Waals surface area contributed by atoms with Gasteiger partial charge in [-0.3, -0.25) is 4.79 Å². The van der Waals surface area contributed by atoms with E-state index in [1.165, 1.54) is 0 Å². The molecule has 1 unspecified atom stereocenters. The third kappa shape index (κ3) is 3.65. The summed E-state index contributed by atoms with van der Waals surface area (Å²) in [6, 6.07) is 20.0. The predicted octanol–water partition coefficient (Wildman–Crippen LogP) is 3.94. The number of nitrogens with zero attached hydrogens (tertiary/aromatic N) is 2. The van der Waals surface area contributed by atoms with Crippen LogP contribution in [0.5, 0.6) is 0 Å². The lowest BCUT2D eigenvalue weighted by atomic mass is 10.0. The van der Waals surface area contributed by atoms with Gasteiger partial charge in [-0.05, 0) is 25.0 Å². The van der Waals surface area contributed by atoms with Gasteiger partial charge >= 0.3 is 0 Å². The lowest BCUT2D eigenvalue weighted by Crippen LogP contribution is -2.40. The van der Waals surface area contributed by atoms with Crippen LogP contribution in [0.2, 0.25) is 0 Å². The van der Waals surface area contributed by atoms with Crippen LogP contribution in [0.25, 0.3) is 0 Å². The molecule has 0 bridgehead atoms. The zero-order chi connectivity index (χ0) is 16.9. The van der Waals surface area contributed by atoms with Crippen molar-refractivity contribution in [2.45, 2.75) is 39.0 Å². The fourth-order valence-electron chi connectivity index (χ4n) is 2.78. The summed E-state index contributed by atoms with van der Waals surface area (Å²) in [5.41, 5.74) is 2.65. The molecule has 4 heteroatoms. The molecule has 0 N–H and O–H groups in total. The SMILES string of the molecule is CC(C)N(Cc1ccccc1)C(=O)C1=NOC(c2ccccc2)C1. The van der Waals surface area contributed by atoms with Crippen molar-refractivity contribution in [1.82, 2.24) is 4.90 Å². The summed E-state index contributed by atoms with van der Waals surface area (Å²) in [6.45, 7) is 4.62. The second kappa shape index (κ2) is 7.30. The molecule has 3 rings (SSSR count). The Morgan fingerprint density at radius 1 is 1.12 bits per heavy atom. The Labute approximate surface area is 142 Å². The van der Waals surface area contributed by atoms with Crippen LogP contribution in [0.4, 0.5) is 0 Å². The zero-order valence-electron chi connectivity index (χ0n) is 14.1.